The van der Waals surface area contributed by atoms with Gasteiger partial charge in [-0.05, 0) is 63.6 Å². The fourth-order valence-corrected chi connectivity index (χ4v) is 5.76. The Kier molecular flexibility index (Phi) is 3.27. The second kappa shape index (κ2) is 6.90. The van der Waals surface area contributed by atoms with Gasteiger partial charge in [0.25, 0.3) is 0 Å². The number of aryl methyl sites for hydroxylation is 1. The fraction of sp³-hybridized carbons (Fsp3) is 0.138. The van der Waals surface area contributed by atoms with E-state index in [1.807, 2.05) is 12.1 Å². The van der Waals surface area contributed by atoms with Crippen LogP contribution in [-0.2, 0) is 0 Å². The van der Waals surface area contributed by atoms with Crippen LogP contribution in [0, 0.1) is 6.85 Å². The van der Waals surface area contributed by atoms with Gasteiger partial charge in [-0.1, -0.05) is 68.4 Å². The summed E-state index contributed by atoms with van der Waals surface area (Å²) >= 11 is 1.73. The molecule has 0 radical (unpaired) electrons. The van der Waals surface area contributed by atoms with Gasteiger partial charge in [0.1, 0.15) is 0 Å². The molecule has 2 aromatic heterocycles. The van der Waals surface area contributed by atoms with Crippen LogP contribution in [0.5, 0.6) is 0 Å². The molecule has 6 aromatic rings. The standard InChI is InChI=1S/C29H23NS/c1-17(2)24-14-27(30-16-18(24)3)23-10-6-9-22-26-13-20-12-11-19-7-4-5-8-21(19)25(20)15-28(26)31-29(22)23/h4-17H,1-3H3/i3D3,17D. The van der Waals surface area contributed by atoms with Gasteiger partial charge in [-0.15, -0.1) is 11.3 Å². The molecule has 0 N–H and O–H groups in total. The van der Waals surface area contributed by atoms with Gasteiger partial charge >= 0.3 is 0 Å². The first-order valence-electron chi connectivity index (χ1n) is 12.4. The quantitative estimate of drug-likeness (QED) is 0.254. The summed E-state index contributed by atoms with van der Waals surface area (Å²) in [4.78, 5) is 4.57. The third-order valence-electron chi connectivity index (χ3n) is 6.08. The lowest BCUT2D eigenvalue weighted by atomic mass is 9.96. The number of aromatic nitrogens is 1. The van der Waals surface area contributed by atoms with E-state index >= 15 is 0 Å². The molecule has 0 saturated heterocycles. The number of rotatable bonds is 2. The molecule has 4 aromatic carbocycles. The van der Waals surface area contributed by atoms with Gasteiger partial charge in [0.2, 0.25) is 0 Å². The molecule has 0 bridgehead atoms. The van der Waals surface area contributed by atoms with Crippen molar-refractivity contribution in [2.45, 2.75) is 26.6 Å². The minimum absolute atomic E-state index is 0.142. The predicted molar refractivity (Wildman–Crippen MR) is 136 cm³/mol. The summed E-state index contributed by atoms with van der Waals surface area (Å²) in [6.07, 6.45) is 1.43. The summed E-state index contributed by atoms with van der Waals surface area (Å²) < 4.78 is 34.6. The Morgan fingerprint density at radius 1 is 0.839 bits per heavy atom. The lowest BCUT2D eigenvalue weighted by Crippen LogP contribution is -1.95. The van der Waals surface area contributed by atoms with Crippen molar-refractivity contribution in [3.05, 3.63) is 90.1 Å². The highest BCUT2D eigenvalue weighted by atomic mass is 32.1. The fourth-order valence-electron chi connectivity index (χ4n) is 4.52. The van der Waals surface area contributed by atoms with E-state index in [1.54, 1.807) is 31.3 Å². The average Bonchev–Trinajstić information content (AvgIpc) is 3.19. The van der Waals surface area contributed by atoms with E-state index in [0.717, 1.165) is 15.6 Å². The van der Waals surface area contributed by atoms with Gasteiger partial charge in [-0.2, -0.15) is 0 Å². The maximum absolute atomic E-state index is 8.58. The summed E-state index contributed by atoms with van der Waals surface area (Å²) in [6.45, 7) is 1.13. The molecule has 0 unspecified atom stereocenters. The van der Waals surface area contributed by atoms with Gasteiger partial charge < -0.3 is 0 Å². The molecule has 0 atom stereocenters. The number of hydrogen-bond donors (Lipinski definition) is 0. The first-order valence-corrected chi connectivity index (χ1v) is 11.2. The first kappa shape index (κ1) is 14.7. The van der Waals surface area contributed by atoms with Gasteiger partial charge in [0, 0.05) is 37.4 Å². The summed E-state index contributed by atoms with van der Waals surface area (Å²) in [5, 5.41) is 7.28. The second-order valence-electron chi connectivity index (χ2n) is 8.26. The summed E-state index contributed by atoms with van der Waals surface area (Å²) in [5.74, 6) is -1.06. The van der Waals surface area contributed by atoms with E-state index in [1.165, 1.54) is 37.8 Å². The molecule has 0 spiro atoms. The highest BCUT2D eigenvalue weighted by molar-refractivity contribution is 7.26. The zero-order chi connectivity index (χ0) is 24.5. The Labute approximate surface area is 191 Å². The average molecular weight is 422 g/mol. The van der Waals surface area contributed by atoms with Crippen LogP contribution in [0.2, 0.25) is 0 Å². The second-order valence-corrected chi connectivity index (χ2v) is 9.31. The topological polar surface area (TPSA) is 12.9 Å². The van der Waals surface area contributed by atoms with Crippen molar-refractivity contribution in [3.8, 4) is 11.3 Å². The molecule has 31 heavy (non-hydrogen) atoms. The Balaban J connectivity index is 1.62. The largest absolute Gasteiger partial charge is 0.256 e. The third kappa shape index (κ3) is 2.86. The van der Waals surface area contributed by atoms with Gasteiger partial charge in [0.05, 0.1) is 5.69 Å². The number of nitrogens with zero attached hydrogens (tertiary/aromatic N) is 1. The van der Waals surface area contributed by atoms with Crippen molar-refractivity contribution >= 4 is 53.1 Å². The third-order valence-corrected chi connectivity index (χ3v) is 7.28. The predicted octanol–water partition coefficient (Wildman–Crippen LogP) is 8.85. The van der Waals surface area contributed by atoms with Crippen LogP contribution in [-0.4, -0.2) is 4.98 Å². The van der Waals surface area contributed by atoms with Crippen molar-refractivity contribution in [2.75, 3.05) is 0 Å². The smallest absolute Gasteiger partial charge is 0.0719 e. The van der Waals surface area contributed by atoms with Crippen molar-refractivity contribution in [1.82, 2.24) is 4.98 Å². The number of pyridine rings is 1. The van der Waals surface area contributed by atoms with Crippen LogP contribution in [0.15, 0.2) is 79.0 Å². The van der Waals surface area contributed by atoms with Gasteiger partial charge in [-0.3, -0.25) is 4.98 Å². The van der Waals surface area contributed by atoms with Crippen LogP contribution in [0.4, 0.5) is 0 Å². The van der Waals surface area contributed by atoms with Crippen LogP contribution in [0.3, 0.4) is 0 Å². The molecule has 0 aliphatic rings. The number of thiophene rings is 1. The van der Waals surface area contributed by atoms with E-state index in [-0.39, 0.29) is 5.56 Å². The van der Waals surface area contributed by atoms with Crippen molar-refractivity contribution in [3.63, 3.8) is 0 Å². The van der Waals surface area contributed by atoms with E-state index < -0.39 is 12.7 Å². The molecule has 0 saturated carbocycles. The summed E-state index contributed by atoms with van der Waals surface area (Å²) in [6, 6.07) is 25.3. The molecule has 0 fully saturated rings. The van der Waals surface area contributed by atoms with Crippen LogP contribution in [0.1, 0.15) is 36.4 Å². The van der Waals surface area contributed by atoms with E-state index in [4.69, 9.17) is 5.48 Å². The maximum Gasteiger partial charge on any atom is 0.0719 e. The highest BCUT2D eigenvalue weighted by Crippen LogP contribution is 2.42. The van der Waals surface area contributed by atoms with Crippen molar-refractivity contribution in [1.29, 1.82) is 0 Å². The molecule has 6 rings (SSSR count). The SMILES string of the molecule is [2H]C([2H])([2H])c1cnc(-c2cccc3c2sc2cc4c(ccc5ccccc54)cc23)cc1C([2H])(C)C. The van der Waals surface area contributed by atoms with Crippen LogP contribution >= 0.6 is 11.3 Å². The molecule has 0 amide bonds. The number of benzene rings is 4. The number of hydrogen-bond acceptors (Lipinski definition) is 2. The lowest BCUT2D eigenvalue weighted by Gasteiger charge is -2.11. The monoisotopic (exact) mass is 421 g/mol. The van der Waals surface area contributed by atoms with Gasteiger partial charge in [0.15, 0.2) is 0 Å². The summed E-state index contributed by atoms with van der Waals surface area (Å²) in [5.41, 5.74) is 2.28. The van der Waals surface area contributed by atoms with E-state index in [9.17, 15) is 0 Å². The molecule has 0 aliphatic carbocycles. The van der Waals surface area contributed by atoms with Crippen LogP contribution in [0.25, 0.3) is 53.0 Å². The van der Waals surface area contributed by atoms with E-state index in [0.29, 0.717) is 11.3 Å². The Morgan fingerprint density at radius 2 is 1.68 bits per heavy atom. The Hall–Kier alpha value is -3.23. The molecule has 1 nitrogen and oxygen atoms in total. The lowest BCUT2D eigenvalue weighted by molar-refractivity contribution is 0.852. The van der Waals surface area contributed by atoms with Crippen LogP contribution < -0.4 is 0 Å². The minimum atomic E-state index is -2.31. The molecule has 0 aliphatic heterocycles. The molecule has 150 valence electrons. The van der Waals surface area contributed by atoms with Crippen molar-refractivity contribution < 1.29 is 5.48 Å². The van der Waals surface area contributed by atoms with Crippen molar-refractivity contribution in [2.24, 2.45) is 0 Å². The molecule has 2 heteroatoms. The summed E-state index contributed by atoms with van der Waals surface area (Å²) in [7, 11) is 0. The zero-order valence-corrected chi connectivity index (χ0v) is 18.2. The molecular weight excluding hydrogens is 394 g/mol. The highest BCUT2D eigenvalue weighted by Gasteiger charge is 2.14. The zero-order valence-electron chi connectivity index (χ0n) is 21.4. The normalized spacial score (nSPS) is 14.6. The molecular formula is C29H23NS. The Morgan fingerprint density at radius 3 is 2.55 bits per heavy atom. The minimum Gasteiger partial charge on any atom is -0.256 e. The molecule has 2 heterocycles. The van der Waals surface area contributed by atoms with E-state index in [2.05, 4.69) is 59.6 Å². The Bertz CT molecular complexity index is 1770. The maximum atomic E-state index is 8.58. The number of fused-ring (bicyclic) bond motifs is 6. The van der Waals surface area contributed by atoms with Gasteiger partial charge in [-0.25, -0.2) is 0 Å². The first-order chi connectivity index (χ1) is 16.6.